The molecule has 250 valence electrons. The highest BCUT2D eigenvalue weighted by Crippen LogP contribution is 2.62. The van der Waals surface area contributed by atoms with Crippen molar-refractivity contribution in [2.24, 2.45) is 0 Å². The van der Waals surface area contributed by atoms with Crippen LogP contribution in [0, 0.1) is 0 Å². The largest absolute Gasteiger partial charge is 0.278 e. The average Bonchev–Trinajstić information content (AvgIpc) is 3.71. The first-order chi connectivity index (χ1) is 26.8. The lowest BCUT2D eigenvalue weighted by atomic mass is 9.65. The molecule has 0 saturated heterocycles. The minimum absolute atomic E-state index is 0.556. The van der Waals surface area contributed by atoms with E-state index in [2.05, 4.69) is 156 Å². The van der Waals surface area contributed by atoms with Crippen LogP contribution in [0.4, 0.5) is 0 Å². The molecule has 12 rings (SSSR count). The van der Waals surface area contributed by atoms with Crippen LogP contribution in [0.1, 0.15) is 22.3 Å². The zero-order chi connectivity index (χ0) is 35.4. The van der Waals surface area contributed by atoms with E-state index < -0.39 is 5.41 Å². The van der Waals surface area contributed by atoms with Gasteiger partial charge in [0.25, 0.3) is 0 Å². The molecule has 2 aliphatic rings. The van der Waals surface area contributed by atoms with E-state index in [-0.39, 0.29) is 0 Å². The number of hydrogen-bond donors (Lipinski definition) is 0. The van der Waals surface area contributed by atoms with Crippen LogP contribution in [0.2, 0.25) is 0 Å². The van der Waals surface area contributed by atoms with Gasteiger partial charge in [0.15, 0.2) is 0 Å². The van der Waals surface area contributed by atoms with Crippen molar-refractivity contribution in [3.8, 4) is 50.3 Å². The van der Waals surface area contributed by atoms with Crippen LogP contribution in [-0.4, -0.2) is 14.5 Å². The Balaban J connectivity index is 1.20. The molecule has 3 nitrogen and oxygen atoms in total. The molecule has 0 amide bonds. The molecule has 1 unspecified atom stereocenters. The zero-order valence-corrected chi connectivity index (χ0v) is 29.2. The average molecular weight is 686 g/mol. The summed E-state index contributed by atoms with van der Waals surface area (Å²) in [6, 6.07) is 65.0. The van der Waals surface area contributed by atoms with E-state index in [1.54, 1.807) is 0 Å². The van der Waals surface area contributed by atoms with Crippen LogP contribution in [0.3, 0.4) is 0 Å². The third-order valence-corrected chi connectivity index (χ3v) is 11.9. The van der Waals surface area contributed by atoms with Gasteiger partial charge in [0.1, 0.15) is 11.5 Å². The summed E-state index contributed by atoms with van der Waals surface area (Å²) in [6.45, 7) is 0. The van der Waals surface area contributed by atoms with E-state index in [0.717, 1.165) is 27.8 Å². The van der Waals surface area contributed by atoms with Gasteiger partial charge in [-0.15, -0.1) is 0 Å². The fraction of sp³-hybridized carbons (Fsp3) is 0.0196. The number of pyridine rings is 2. The summed E-state index contributed by atoms with van der Waals surface area (Å²) in [4.78, 5) is 9.56. The fourth-order valence-corrected chi connectivity index (χ4v) is 9.78. The summed E-state index contributed by atoms with van der Waals surface area (Å²) in [5.41, 5.74) is 16.8. The SMILES string of the molecule is c1ccc(-n2c3ccc(-c4ccc5c(c4)C4(c6ccccc6-c6ccccc6-5)c5ccccc5-c5c4ccc4ccccc54)cc3c3cccnc32)nc1. The second-order valence-electron chi connectivity index (χ2n) is 14.5. The lowest BCUT2D eigenvalue weighted by molar-refractivity contribution is 0.776. The standard InChI is InChI=1S/C51H31N3/c1-2-13-35-32(12-1)23-26-45-49(35)41-17-6-8-20-44(41)51(45)43-19-7-5-16-38(43)36-14-3-4-15-37(36)39-25-22-34(31-46(39)51)33-24-27-47-42(30-33)40-18-11-29-53-50(40)54(47)48-21-9-10-28-52-48/h1-31H. The summed E-state index contributed by atoms with van der Waals surface area (Å²) in [6.07, 6.45) is 3.71. The summed E-state index contributed by atoms with van der Waals surface area (Å²) in [5.74, 6) is 0.861. The number of benzene rings is 7. The maximum atomic E-state index is 4.84. The quantitative estimate of drug-likeness (QED) is 0.181. The maximum absolute atomic E-state index is 4.84. The predicted molar refractivity (Wildman–Crippen MR) is 221 cm³/mol. The Labute approximate surface area is 312 Å². The molecule has 3 heteroatoms. The molecular weight excluding hydrogens is 655 g/mol. The van der Waals surface area contributed by atoms with Crippen LogP contribution in [0.15, 0.2) is 188 Å². The van der Waals surface area contributed by atoms with Crippen LogP contribution in [0.5, 0.6) is 0 Å². The number of nitrogens with zero attached hydrogens (tertiary/aromatic N) is 3. The summed E-state index contributed by atoms with van der Waals surface area (Å²) < 4.78 is 2.17. The van der Waals surface area contributed by atoms with Crippen molar-refractivity contribution >= 4 is 32.7 Å². The Bertz CT molecular complexity index is 3170. The molecule has 0 N–H and O–H groups in total. The Morgan fingerprint density at radius 3 is 1.87 bits per heavy atom. The van der Waals surface area contributed by atoms with Crippen LogP contribution < -0.4 is 0 Å². The minimum atomic E-state index is -0.556. The molecule has 2 aliphatic carbocycles. The van der Waals surface area contributed by atoms with Gasteiger partial charge in [-0.3, -0.25) is 4.57 Å². The predicted octanol–water partition coefficient (Wildman–Crippen LogP) is 12.4. The van der Waals surface area contributed by atoms with Crippen LogP contribution in [0.25, 0.3) is 83.0 Å². The third-order valence-electron chi connectivity index (χ3n) is 11.9. The molecule has 1 spiro atoms. The topological polar surface area (TPSA) is 30.7 Å². The van der Waals surface area contributed by atoms with E-state index in [4.69, 9.17) is 9.97 Å². The molecule has 3 heterocycles. The zero-order valence-electron chi connectivity index (χ0n) is 29.2. The van der Waals surface area contributed by atoms with Crippen molar-refractivity contribution in [3.05, 3.63) is 211 Å². The molecule has 1 atom stereocenters. The lowest BCUT2D eigenvalue weighted by Crippen LogP contribution is -2.29. The van der Waals surface area contributed by atoms with Gasteiger partial charge in [-0.25, -0.2) is 9.97 Å². The van der Waals surface area contributed by atoms with Crippen molar-refractivity contribution < 1.29 is 0 Å². The van der Waals surface area contributed by atoms with Crippen molar-refractivity contribution in [2.45, 2.75) is 5.41 Å². The van der Waals surface area contributed by atoms with Gasteiger partial charge in [-0.2, -0.15) is 0 Å². The molecule has 7 aromatic carbocycles. The molecular formula is C51H31N3. The van der Waals surface area contributed by atoms with Crippen molar-refractivity contribution in [1.29, 1.82) is 0 Å². The van der Waals surface area contributed by atoms with Gasteiger partial charge >= 0.3 is 0 Å². The molecule has 0 radical (unpaired) electrons. The third kappa shape index (κ3) is 3.80. The number of aromatic nitrogens is 3. The molecule has 0 bridgehead atoms. The van der Waals surface area contributed by atoms with Gasteiger partial charge in [-0.1, -0.05) is 133 Å². The van der Waals surface area contributed by atoms with E-state index in [0.29, 0.717) is 0 Å². The van der Waals surface area contributed by atoms with Gasteiger partial charge in [-0.05, 0) is 120 Å². The van der Waals surface area contributed by atoms with Gasteiger partial charge < -0.3 is 0 Å². The van der Waals surface area contributed by atoms with E-state index in [1.165, 1.54) is 77.5 Å². The van der Waals surface area contributed by atoms with E-state index in [9.17, 15) is 0 Å². The fourth-order valence-electron chi connectivity index (χ4n) is 9.78. The van der Waals surface area contributed by atoms with E-state index >= 15 is 0 Å². The van der Waals surface area contributed by atoms with Gasteiger partial charge in [0.2, 0.25) is 0 Å². The highest BCUT2D eigenvalue weighted by Gasteiger charge is 2.50. The smallest absolute Gasteiger partial charge is 0.146 e. The van der Waals surface area contributed by atoms with Crippen molar-refractivity contribution in [3.63, 3.8) is 0 Å². The monoisotopic (exact) mass is 685 g/mol. The first-order valence-electron chi connectivity index (χ1n) is 18.6. The Hall–Kier alpha value is -7.10. The normalized spacial score (nSPS) is 15.1. The summed E-state index contributed by atoms with van der Waals surface area (Å²) >= 11 is 0. The first kappa shape index (κ1) is 29.5. The van der Waals surface area contributed by atoms with Crippen LogP contribution >= 0.6 is 0 Å². The molecule has 54 heavy (non-hydrogen) atoms. The maximum Gasteiger partial charge on any atom is 0.146 e. The lowest BCUT2D eigenvalue weighted by Gasteiger charge is -2.35. The molecule has 0 fully saturated rings. The molecule has 3 aromatic heterocycles. The minimum Gasteiger partial charge on any atom is -0.278 e. The first-order valence-corrected chi connectivity index (χ1v) is 18.6. The second kappa shape index (κ2) is 11.0. The van der Waals surface area contributed by atoms with Gasteiger partial charge in [0, 0.05) is 23.2 Å². The molecule has 10 aromatic rings. The summed E-state index contributed by atoms with van der Waals surface area (Å²) in [7, 11) is 0. The van der Waals surface area contributed by atoms with Crippen molar-refractivity contribution in [2.75, 3.05) is 0 Å². The van der Waals surface area contributed by atoms with Gasteiger partial charge in [0.05, 0.1) is 10.9 Å². The Kier molecular flexibility index (Phi) is 5.98. The number of fused-ring (bicyclic) bond motifs is 17. The van der Waals surface area contributed by atoms with Crippen LogP contribution in [-0.2, 0) is 5.41 Å². The number of hydrogen-bond acceptors (Lipinski definition) is 2. The molecule has 0 aliphatic heterocycles. The highest BCUT2D eigenvalue weighted by molar-refractivity contribution is 6.10. The second-order valence-corrected chi connectivity index (χ2v) is 14.5. The van der Waals surface area contributed by atoms with Crippen molar-refractivity contribution in [1.82, 2.24) is 14.5 Å². The highest BCUT2D eigenvalue weighted by atomic mass is 15.1. The van der Waals surface area contributed by atoms with E-state index in [1.807, 2.05) is 36.7 Å². The Morgan fingerprint density at radius 1 is 0.389 bits per heavy atom. The number of rotatable bonds is 2. The Morgan fingerprint density at radius 2 is 1.04 bits per heavy atom. The summed E-state index contributed by atoms with van der Waals surface area (Å²) in [5, 5.41) is 4.82. The molecule has 0 saturated carbocycles.